The van der Waals surface area contributed by atoms with Crippen LogP contribution < -0.4 is 5.32 Å². The van der Waals surface area contributed by atoms with E-state index in [2.05, 4.69) is 21.2 Å². The number of phenolic OH excluding ortho intramolecular Hbond substituents is 1. The molecular weight excluding hydrogens is 306 g/mol. The fraction of sp³-hybridized carbons (Fsp3) is 0.133. The first-order valence-electron chi connectivity index (χ1n) is 5.85. The van der Waals surface area contributed by atoms with Gasteiger partial charge in [-0.15, -0.1) is 0 Å². The Morgan fingerprint density at radius 1 is 1.21 bits per heavy atom. The molecule has 0 heterocycles. The predicted octanol–water partition coefficient (Wildman–Crippen LogP) is 4.02. The third kappa shape index (κ3) is 2.96. The number of carbonyl (C=O) groups is 1. The Morgan fingerprint density at radius 2 is 1.95 bits per heavy atom. The summed E-state index contributed by atoms with van der Waals surface area (Å²) in [4.78, 5) is 12.1. The van der Waals surface area contributed by atoms with Crippen LogP contribution in [-0.2, 0) is 0 Å². The summed E-state index contributed by atoms with van der Waals surface area (Å²) >= 11 is 3.24. The van der Waals surface area contributed by atoms with Gasteiger partial charge in [0, 0.05) is 10.2 Å². The number of anilines is 1. The molecule has 0 radical (unpaired) electrons. The molecular formula is C15H14BrNO2. The van der Waals surface area contributed by atoms with E-state index in [1.54, 1.807) is 12.1 Å². The molecule has 2 aromatic carbocycles. The lowest BCUT2D eigenvalue weighted by atomic mass is 10.1. The molecule has 1 amide bonds. The second kappa shape index (κ2) is 5.45. The number of nitrogens with one attached hydrogen (secondary N) is 1. The molecule has 98 valence electrons. The Balaban J connectivity index is 2.28. The van der Waals surface area contributed by atoms with Crippen LogP contribution in [0.5, 0.6) is 5.75 Å². The van der Waals surface area contributed by atoms with Crippen LogP contribution in [0.4, 0.5) is 5.69 Å². The Kier molecular flexibility index (Phi) is 3.90. The van der Waals surface area contributed by atoms with Crippen LogP contribution in [0.2, 0.25) is 0 Å². The Labute approximate surface area is 120 Å². The van der Waals surface area contributed by atoms with E-state index in [0.717, 1.165) is 21.3 Å². The standard InChI is InChI=1S/C15H14BrNO2/c1-9-4-3-5-13(10(9)2)17-15(19)12-7-6-11(16)8-14(12)18/h3-8,18H,1-2H3,(H,17,19). The molecule has 0 fully saturated rings. The van der Waals surface area contributed by atoms with Gasteiger partial charge in [0.2, 0.25) is 0 Å². The van der Waals surface area contributed by atoms with Gasteiger partial charge in [-0.05, 0) is 49.2 Å². The highest BCUT2D eigenvalue weighted by Crippen LogP contribution is 2.24. The van der Waals surface area contributed by atoms with Gasteiger partial charge in [-0.25, -0.2) is 0 Å². The predicted molar refractivity (Wildman–Crippen MR) is 79.7 cm³/mol. The quantitative estimate of drug-likeness (QED) is 0.878. The Hall–Kier alpha value is -1.81. The number of aromatic hydroxyl groups is 1. The fourth-order valence-corrected chi connectivity index (χ4v) is 2.12. The average Bonchev–Trinajstić information content (AvgIpc) is 2.34. The minimum absolute atomic E-state index is 0.0443. The maximum atomic E-state index is 12.1. The number of hydrogen-bond acceptors (Lipinski definition) is 2. The molecule has 0 bridgehead atoms. The summed E-state index contributed by atoms with van der Waals surface area (Å²) in [5.41, 5.74) is 3.14. The summed E-state index contributed by atoms with van der Waals surface area (Å²) in [6.07, 6.45) is 0. The minimum Gasteiger partial charge on any atom is -0.507 e. The van der Waals surface area contributed by atoms with Gasteiger partial charge in [0.1, 0.15) is 5.75 Å². The summed E-state index contributed by atoms with van der Waals surface area (Å²) in [5.74, 6) is -0.365. The molecule has 0 aliphatic heterocycles. The molecule has 0 aliphatic rings. The molecule has 0 unspecified atom stereocenters. The van der Waals surface area contributed by atoms with Gasteiger partial charge >= 0.3 is 0 Å². The molecule has 0 spiro atoms. The van der Waals surface area contributed by atoms with E-state index >= 15 is 0 Å². The van der Waals surface area contributed by atoms with Gasteiger partial charge in [-0.3, -0.25) is 4.79 Å². The van der Waals surface area contributed by atoms with Crippen molar-refractivity contribution >= 4 is 27.5 Å². The van der Waals surface area contributed by atoms with Crippen molar-refractivity contribution in [1.29, 1.82) is 0 Å². The third-order valence-corrected chi connectivity index (χ3v) is 3.55. The maximum Gasteiger partial charge on any atom is 0.259 e. The van der Waals surface area contributed by atoms with Crippen molar-refractivity contribution < 1.29 is 9.90 Å². The van der Waals surface area contributed by atoms with Crippen molar-refractivity contribution in [3.63, 3.8) is 0 Å². The number of carbonyl (C=O) groups excluding carboxylic acids is 1. The van der Waals surface area contributed by atoms with E-state index < -0.39 is 0 Å². The molecule has 0 atom stereocenters. The van der Waals surface area contributed by atoms with Crippen LogP contribution in [0.1, 0.15) is 21.5 Å². The van der Waals surface area contributed by atoms with Crippen LogP contribution >= 0.6 is 15.9 Å². The lowest BCUT2D eigenvalue weighted by Crippen LogP contribution is -2.13. The van der Waals surface area contributed by atoms with Crippen LogP contribution in [-0.4, -0.2) is 11.0 Å². The molecule has 3 nitrogen and oxygen atoms in total. The zero-order valence-electron chi connectivity index (χ0n) is 10.7. The first-order valence-corrected chi connectivity index (χ1v) is 6.64. The van der Waals surface area contributed by atoms with Crippen molar-refractivity contribution in [3.8, 4) is 5.75 Å². The second-order valence-electron chi connectivity index (χ2n) is 4.36. The average molecular weight is 320 g/mol. The van der Waals surface area contributed by atoms with E-state index in [1.807, 2.05) is 32.0 Å². The molecule has 0 saturated carbocycles. The zero-order valence-corrected chi connectivity index (χ0v) is 12.3. The van der Waals surface area contributed by atoms with Crippen molar-refractivity contribution in [3.05, 3.63) is 57.6 Å². The first kappa shape index (κ1) is 13.6. The Morgan fingerprint density at radius 3 is 2.63 bits per heavy atom. The summed E-state index contributed by atoms with van der Waals surface area (Å²) in [5, 5.41) is 12.6. The molecule has 2 aromatic rings. The number of benzene rings is 2. The molecule has 19 heavy (non-hydrogen) atoms. The topological polar surface area (TPSA) is 49.3 Å². The number of rotatable bonds is 2. The monoisotopic (exact) mass is 319 g/mol. The van der Waals surface area contributed by atoms with Crippen LogP contribution in [0, 0.1) is 13.8 Å². The number of amides is 1. The van der Waals surface area contributed by atoms with Gasteiger partial charge in [0.25, 0.3) is 5.91 Å². The smallest absolute Gasteiger partial charge is 0.259 e. The van der Waals surface area contributed by atoms with E-state index in [-0.39, 0.29) is 17.2 Å². The summed E-state index contributed by atoms with van der Waals surface area (Å²) in [7, 11) is 0. The molecule has 0 aromatic heterocycles. The van der Waals surface area contributed by atoms with Crippen molar-refractivity contribution in [2.24, 2.45) is 0 Å². The van der Waals surface area contributed by atoms with E-state index in [1.165, 1.54) is 6.07 Å². The largest absolute Gasteiger partial charge is 0.507 e. The van der Waals surface area contributed by atoms with E-state index in [9.17, 15) is 9.90 Å². The van der Waals surface area contributed by atoms with Crippen molar-refractivity contribution in [2.75, 3.05) is 5.32 Å². The SMILES string of the molecule is Cc1cccc(NC(=O)c2ccc(Br)cc2O)c1C. The molecule has 2 rings (SSSR count). The van der Waals surface area contributed by atoms with Crippen molar-refractivity contribution in [2.45, 2.75) is 13.8 Å². The van der Waals surface area contributed by atoms with Crippen LogP contribution in [0.15, 0.2) is 40.9 Å². The lowest BCUT2D eigenvalue weighted by Gasteiger charge is -2.11. The van der Waals surface area contributed by atoms with Gasteiger partial charge in [-0.1, -0.05) is 28.1 Å². The number of halogens is 1. The summed E-state index contributed by atoms with van der Waals surface area (Å²) < 4.78 is 0.730. The number of hydrogen-bond donors (Lipinski definition) is 2. The Bertz CT molecular complexity index is 638. The summed E-state index contributed by atoms with van der Waals surface area (Å²) in [6.45, 7) is 3.94. The molecule has 2 N–H and O–H groups in total. The van der Waals surface area contributed by atoms with Gasteiger partial charge < -0.3 is 10.4 Å². The number of phenols is 1. The summed E-state index contributed by atoms with van der Waals surface area (Å²) in [6, 6.07) is 10.5. The highest BCUT2D eigenvalue weighted by atomic mass is 79.9. The maximum absolute atomic E-state index is 12.1. The van der Waals surface area contributed by atoms with Crippen molar-refractivity contribution in [1.82, 2.24) is 0 Å². The molecule has 4 heteroatoms. The lowest BCUT2D eigenvalue weighted by molar-refractivity contribution is 0.102. The number of aryl methyl sites for hydroxylation is 1. The van der Waals surface area contributed by atoms with Gasteiger partial charge in [-0.2, -0.15) is 0 Å². The van der Waals surface area contributed by atoms with E-state index in [0.29, 0.717) is 0 Å². The first-order chi connectivity index (χ1) is 8.99. The van der Waals surface area contributed by atoms with Gasteiger partial charge in [0.05, 0.1) is 5.56 Å². The molecule has 0 aliphatic carbocycles. The highest BCUT2D eigenvalue weighted by Gasteiger charge is 2.12. The van der Waals surface area contributed by atoms with Gasteiger partial charge in [0.15, 0.2) is 0 Å². The second-order valence-corrected chi connectivity index (χ2v) is 5.28. The highest BCUT2D eigenvalue weighted by molar-refractivity contribution is 9.10. The third-order valence-electron chi connectivity index (χ3n) is 3.06. The van der Waals surface area contributed by atoms with Crippen LogP contribution in [0.3, 0.4) is 0 Å². The van der Waals surface area contributed by atoms with E-state index in [4.69, 9.17) is 0 Å². The fourth-order valence-electron chi connectivity index (χ4n) is 1.77. The minimum atomic E-state index is -0.321. The normalized spacial score (nSPS) is 10.3. The molecule has 0 saturated heterocycles. The van der Waals surface area contributed by atoms with Crippen LogP contribution in [0.25, 0.3) is 0 Å². The zero-order chi connectivity index (χ0) is 14.0.